The van der Waals surface area contributed by atoms with Gasteiger partial charge in [-0.2, -0.15) is 0 Å². The minimum absolute atomic E-state index is 0.502. The summed E-state index contributed by atoms with van der Waals surface area (Å²) in [6.45, 7) is 2.95. The Kier molecular flexibility index (Phi) is 3.20. The number of fused-ring (bicyclic) bond motifs is 1. The predicted molar refractivity (Wildman–Crippen MR) is 53.1 cm³/mol. The van der Waals surface area contributed by atoms with Gasteiger partial charge in [0.25, 0.3) is 8.53 Å². The van der Waals surface area contributed by atoms with Crippen LogP contribution in [-0.4, -0.2) is 17.5 Å². The summed E-state index contributed by atoms with van der Waals surface area (Å²) < 4.78 is 5.32. The highest BCUT2D eigenvalue weighted by Gasteiger charge is 2.34. The Labute approximate surface area is 80.8 Å². The van der Waals surface area contributed by atoms with Gasteiger partial charge in [-0.1, -0.05) is 19.8 Å². The van der Waals surface area contributed by atoms with Crippen molar-refractivity contribution < 1.29 is 9.42 Å². The Morgan fingerprint density at radius 2 is 2.15 bits per heavy atom. The zero-order chi connectivity index (χ0) is 9.26. The fraction of sp³-hybridized carbons (Fsp3) is 1.00. The van der Waals surface area contributed by atoms with Crippen LogP contribution in [0.4, 0.5) is 0 Å². The number of rotatable bonds is 0. The summed E-state index contributed by atoms with van der Waals surface area (Å²) in [6, 6.07) is 0.502. The maximum atomic E-state index is 9.48. The second-order valence-corrected chi connectivity index (χ2v) is 5.29. The molecule has 3 nitrogen and oxygen atoms in total. The molecule has 1 aliphatic carbocycles. The second-order valence-electron chi connectivity index (χ2n) is 4.23. The van der Waals surface area contributed by atoms with Crippen LogP contribution in [0.25, 0.3) is 0 Å². The third kappa shape index (κ3) is 2.21. The molecular formula is C9H18NO2P. The van der Waals surface area contributed by atoms with Gasteiger partial charge >= 0.3 is 0 Å². The molecule has 2 N–H and O–H groups in total. The van der Waals surface area contributed by atoms with Crippen molar-refractivity contribution in [2.75, 3.05) is 6.61 Å². The van der Waals surface area contributed by atoms with Crippen LogP contribution in [0.15, 0.2) is 0 Å². The lowest BCUT2D eigenvalue weighted by molar-refractivity contribution is 0.180. The fourth-order valence-corrected chi connectivity index (χ4v) is 3.55. The molecule has 2 rings (SSSR count). The second kappa shape index (κ2) is 4.22. The molecule has 2 fully saturated rings. The van der Waals surface area contributed by atoms with E-state index in [1.807, 2.05) is 0 Å². The third-order valence-electron chi connectivity index (χ3n) is 3.29. The quantitative estimate of drug-likeness (QED) is 0.592. The van der Waals surface area contributed by atoms with E-state index in [2.05, 4.69) is 12.0 Å². The van der Waals surface area contributed by atoms with Crippen LogP contribution in [0.1, 0.15) is 32.6 Å². The van der Waals surface area contributed by atoms with Crippen molar-refractivity contribution in [2.24, 2.45) is 11.8 Å². The van der Waals surface area contributed by atoms with Crippen LogP contribution >= 0.6 is 8.53 Å². The predicted octanol–water partition coefficient (Wildman–Crippen LogP) is 2.02. The Hall–Kier alpha value is 0.310. The van der Waals surface area contributed by atoms with Gasteiger partial charge in [-0.3, -0.25) is 0 Å². The van der Waals surface area contributed by atoms with Crippen LogP contribution in [0.5, 0.6) is 0 Å². The molecule has 2 aliphatic rings. The number of hydrogen-bond donors (Lipinski definition) is 2. The maximum absolute atomic E-state index is 9.48. The molecular weight excluding hydrogens is 185 g/mol. The van der Waals surface area contributed by atoms with Gasteiger partial charge in [0.2, 0.25) is 0 Å². The van der Waals surface area contributed by atoms with E-state index in [9.17, 15) is 4.89 Å². The minimum atomic E-state index is -1.34. The molecule has 0 aromatic heterocycles. The van der Waals surface area contributed by atoms with Gasteiger partial charge in [-0.15, -0.1) is 0 Å². The Bertz CT molecular complexity index is 179. The normalized spacial score (nSPS) is 46.6. The van der Waals surface area contributed by atoms with E-state index in [1.165, 1.54) is 25.7 Å². The van der Waals surface area contributed by atoms with E-state index in [0.29, 0.717) is 17.9 Å². The van der Waals surface area contributed by atoms with Crippen molar-refractivity contribution in [3.05, 3.63) is 0 Å². The molecule has 0 aromatic rings. The van der Waals surface area contributed by atoms with Crippen molar-refractivity contribution >= 4 is 8.53 Å². The molecule has 4 atom stereocenters. The highest BCUT2D eigenvalue weighted by molar-refractivity contribution is 7.43. The average Bonchev–Trinajstić information content (AvgIpc) is 2.27. The maximum Gasteiger partial charge on any atom is 0.253 e. The summed E-state index contributed by atoms with van der Waals surface area (Å²) in [5.41, 5.74) is 0. The van der Waals surface area contributed by atoms with Gasteiger partial charge in [0.15, 0.2) is 0 Å². The molecule has 0 aromatic carbocycles. The SMILES string of the molecule is C[C@@H]1COP(O)NC2CCCCC21. The lowest BCUT2D eigenvalue weighted by Gasteiger charge is -2.33. The molecule has 76 valence electrons. The minimum Gasteiger partial charge on any atom is -0.338 e. The zero-order valence-corrected chi connectivity index (χ0v) is 8.96. The van der Waals surface area contributed by atoms with E-state index in [-0.39, 0.29) is 0 Å². The Morgan fingerprint density at radius 1 is 1.38 bits per heavy atom. The van der Waals surface area contributed by atoms with Crippen LogP contribution in [0, 0.1) is 11.8 Å². The van der Waals surface area contributed by atoms with Crippen LogP contribution in [0.2, 0.25) is 0 Å². The molecule has 1 saturated heterocycles. The van der Waals surface area contributed by atoms with Gasteiger partial charge in [0, 0.05) is 6.04 Å². The molecule has 13 heavy (non-hydrogen) atoms. The summed E-state index contributed by atoms with van der Waals surface area (Å²) in [5, 5.41) is 3.21. The van der Waals surface area contributed by atoms with E-state index < -0.39 is 8.53 Å². The lowest BCUT2D eigenvalue weighted by Crippen LogP contribution is -2.37. The monoisotopic (exact) mass is 203 g/mol. The summed E-state index contributed by atoms with van der Waals surface area (Å²) >= 11 is 0. The van der Waals surface area contributed by atoms with Crippen molar-refractivity contribution in [2.45, 2.75) is 38.6 Å². The first-order valence-corrected chi connectivity index (χ1v) is 6.36. The van der Waals surface area contributed by atoms with Crippen LogP contribution in [-0.2, 0) is 4.52 Å². The first kappa shape index (κ1) is 9.85. The molecule has 0 bridgehead atoms. The summed E-state index contributed by atoms with van der Waals surface area (Å²) in [4.78, 5) is 9.48. The summed E-state index contributed by atoms with van der Waals surface area (Å²) in [7, 11) is -1.34. The topological polar surface area (TPSA) is 41.5 Å². The Balaban J connectivity index is 2.04. The lowest BCUT2D eigenvalue weighted by atomic mass is 9.78. The van der Waals surface area contributed by atoms with Gasteiger partial charge in [-0.25, -0.2) is 5.09 Å². The standard InChI is InChI=1S/C9H18NO2P/c1-7-6-12-13(11)10-9-5-3-2-4-8(7)9/h7-11H,2-6H2,1H3/t7-,8?,9?,13?/m1/s1. The highest BCUT2D eigenvalue weighted by atomic mass is 31.2. The molecule has 1 aliphatic heterocycles. The highest BCUT2D eigenvalue weighted by Crippen LogP contribution is 2.40. The van der Waals surface area contributed by atoms with Crippen molar-refractivity contribution in [1.29, 1.82) is 0 Å². The smallest absolute Gasteiger partial charge is 0.253 e. The molecule has 0 radical (unpaired) electrons. The zero-order valence-electron chi connectivity index (χ0n) is 8.07. The van der Waals surface area contributed by atoms with Gasteiger partial charge in [0.05, 0.1) is 6.61 Å². The Morgan fingerprint density at radius 3 is 3.00 bits per heavy atom. The largest absolute Gasteiger partial charge is 0.338 e. The van der Waals surface area contributed by atoms with Gasteiger partial charge in [0.1, 0.15) is 0 Å². The van der Waals surface area contributed by atoms with Crippen LogP contribution in [0.3, 0.4) is 0 Å². The van der Waals surface area contributed by atoms with Gasteiger partial charge < -0.3 is 9.42 Å². The van der Waals surface area contributed by atoms with Crippen LogP contribution < -0.4 is 5.09 Å². The first-order chi connectivity index (χ1) is 6.27. The van der Waals surface area contributed by atoms with E-state index in [1.54, 1.807) is 0 Å². The molecule has 1 saturated carbocycles. The van der Waals surface area contributed by atoms with Gasteiger partial charge in [-0.05, 0) is 24.7 Å². The molecule has 4 heteroatoms. The van der Waals surface area contributed by atoms with E-state index >= 15 is 0 Å². The number of hydrogen-bond acceptors (Lipinski definition) is 3. The average molecular weight is 203 g/mol. The molecule has 0 spiro atoms. The van der Waals surface area contributed by atoms with E-state index in [0.717, 1.165) is 6.61 Å². The number of nitrogens with one attached hydrogen (secondary N) is 1. The molecule has 3 unspecified atom stereocenters. The summed E-state index contributed by atoms with van der Waals surface area (Å²) in [5.74, 6) is 1.31. The summed E-state index contributed by atoms with van der Waals surface area (Å²) in [6.07, 6.45) is 5.14. The van der Waals surface area contributed by atoms with Crippen molar-refractivity contribution in [3.63, 3.8) is 0 Å². The first-order valence-electron chi connectivity index (χ1n) is 5.15. The van der Waals surface area contributed by atoms with E-state index in [4.69, 9.17) is 4.52 Å². The molecule has 0 amide bonds. The third-order valence-corrected chi connectivity index (χ3v) is 4.23. The fourth-order valence-electron chi connectivity index (χ4n) is 2.49. The van der Waals surface area contributed by atoms with Crippen molar-refractivity contribution in [3.8, 4) is 0 Å². The molecule has 1 heterocycles. The van der Waals surface area contributed by atoms with Crippen molar-refractivity contribution in [1.82, 2.24) is 5.09 Å².